The van der Waals surface area contributed by atoms with Crippen LogP contribution in [0.3, 0.4) is 0 Å². The van der Waals surface area contributed by atoms with Crippen molar-refractivity contribution >= 4 is 28.2 Å². The number of hydrogen-bond donors (Lipinski definition) is 3. The van der Waals surface area contributed by atoms with Gasteiger partial charge in [-0.3, -0.25) is 4.79 Å². The monoisotopic (exact) mass is 432 g/mol. The highest BCUT2D eigenvalue weighted by Crippen LogP contribution is 2.43. The first-order valence-electron chi connectivity index (χ1n) is 10.8. The molecule has 1 aromatic carbocycles. The molecule has 2 atom stereocenters. The van der Waals surface area contributed by atoms with Crippen molar-refractivity contribution in [3.8, 4) is 0 Å². The molecule has 3 aliphatic rings. The van der Waals surface area contributed by atoms with Crippen LogP contribution in [0.5, 0.6) is 0 Å². The Morgan fingerprint density at radius 1 is 1.29 bits per heavy atom. The summed E-state index contributed by atoms with van der Waals surface area (Å²) in [5, 5.41) is 12.7. The molecule has 0 unspecified atom stereocenters. The molecule has 7 nitrogen and oxygen atoms in total. The Morgan fingerprint density at radius 2 is 2.00 bits per heavy atom. The summed E-state index contributed by atoms with van der Waals surface area (Å²) in [7, 11) is 0. The number of nitrogens with zero attached hydrogens (tertiary/aromatic N) is 2. The van der Waals surface area contributed by atoms with Gasteiger partial charge >= 0.3 is 5.97 Å². The van der Waals surface area contributed by atoms with Crippen LogP contribution in [0.25, 0.3) is 10.9 Å². The van der Waals surface area contributed by atoms with E-state index in [4.69, 9.17) is 5.73 Å². The van der Waals surface area contributed by atoms with Gasteiger partial charge in [-0.2, -0.15) is 0 Å². The third-order valence-electron chi connectivity index (χ3n) is 6.75. The summed E-state index contributed by atoms with van der Waals surface area (Å²) in [5.41, 5.74) is 5.64. The molecule has 0 bridgehead atoms. The number of aromatic nitrogens is 1. The molecule has 4 N–H and O–H groups in total. The molecule has 31 heavy (non-hydrogen) atoms. The highest BCUT2D eigenvalue weighted by molar-refractivity contribution is 6.01. The number of carboxylic acids is 1. The quantitative estimate of drug-likeness (QED) is 0.607. The van der Waals surface area contributed by atoms with Crippen molar-refractivity contribution in [2.75, 3.05) is 30.3 Å². The topological polar surface area (TPSA) is 101 Å². The van der Waals surface area contributed by atoms with Crippen LogP contribution < -0.4 is 21.4 Å². The van der Waals surface area contributed by atoms with Gasteiger partial charge in [0, 0.05) is 43.8 Å². The minimum absolute atomic E-state index is 0.0422. The predicted molar refractivity (Wildman–Crippen MR) is 114 cm³/mol. The van der Waals surface area contributed by atoms with Crippen molar-refractivity contribution in [1.29, 1.82) is 0 Å². The number of anilines is 2. The zero-order valence-corrected chi connectivity index (χ0v) is 17.3. The standard InChI is InChI=1S/C22H26F2N4O3/c1-10-19-16(21(29)14(22(30)31)8-28(19)13-4-5-13)18(25)17(24)20(10)27-7-11(15(23)9-27)6-26-12-2-3-12/h8,11-13,15,26H,2-7,9,25H2,1H3,(H,30,31)/t11-,15-/m1/s1. The molecule has 9 heteroatoms. The molecule has 1 saturated heterocycles. The number of hydrogen-bond acceptors (Lipinski definition) is 5. The summed E-state index contributed by atoms with van der Waals surface area (Å²) < 4.78 is 32.0. The van der Waals surface area contributed by atoms with Crippen LogP contribution in [0.4, 0.5) is 20.2 Å². The number of aromatic carboxylic acids is 1. The Hall–Kier alpha value is -2.68. The second kappa shape index (κ2) is 7.19. The molecule has 0 amide bonds. The molecular formula is C22H26F2N4O3. The van der Waals surface area contributed by atoms with Gasteiger partial charge in [0.25, 0.3) is 0 Å². The number of nitrogens with two attached hydrogens (primary N) is 1. The van der Waals surface area contributed by atoms with E-state index in [-0.39, 0.29) is 35.3 Å². The van der Waals surface area contributed by atoms with E-state index >= 15 is 4.39 Å². The lowest BCUT2D eigenvalue weighted by Gasteiger charge is -2.25. The van der Waals surface area contributed by atoms with Gasteiger partial charge in [0.05, 0.1) is 22.3 Å². The zero-order valence-electron chi connectivity index (χ0n) is 17.3. The Morgan fingerprint density at radius 3 is 2.61 bits per heavy atom. The minimum atomic E-state index is -1.37. The number of benzene rings is 1. The Kier molecular flexibility index (Phi) is 4.69. The van der Waals surface area contributed by atoms with Crippen LogP contribution in [0.1, 0.15) is 47.6 Å². The summed E-state index contributed by atoms with van der Waals surface area (Å²) in [6.45, 7) is 2.65. The molecule has 5 rings (SSSR count). The molecule has 1 aromatic heterocycles. The average Bonchev–Trinajstić information content (AvgIpc) is 3.63. The van der Waals surface area contributed by atoms with E-state index in [0.717, 1.165) is 25.7 Å². The molecule has 2 heterocycles. The van der Waals surface area contributed by atoms with Crippen LogP contribution in [0.2, 0.25) is 0 Å². The van der Waals surface area contributed by atoms with Gasteiger partial charge in [0.2, 0.25) is 5.43 Å². The summed E-state index contributed by atoms with van der Waals surface area (Å²) >= 11 is 0. The second-order valence-electron chi connectivity index (χ2n) is 9.10. The van der Waals surface area contributed by atoms with Crippen LogP contribution in [0.15, 0.2) is 11.0 Å². The summed E-state index contributed by atoms with van der Waals surface area (Å²) in [4.78, 5) is 26.1. The van der Waals surface area contributed by atoms with E-state index in [0.29, 0.717) is 30.2 Å². The molecule has 1 aliphatic heterocycles. The van der Waals surface area contributed by atoms with Crippen LogP contribution in [-0.4, -0.2) is 47.5 Å². The fourth-order valence-electron chi connectivity index (χ4n) is 4.76. The van der Waals surface area contributed by atoms with Crippen molar-refractivity contribution in [2.45, 2.75) is 50.9 Å². The molecule has 2 saturated carbocycles. The van der Waals surface area contributed by atoms with Gasteiger partial charge < -0.3 is 25.6 Å². The molecular weight excluding hydrogens is 406 g/mol. The van der Waals surface area contributed by atoms with Crippen LogP contribution in [-0.2, 0) is 0 Å². The summed E-state index contributed by atoms with van der Waals surface area (Å²) in [6, 6.07) is 0.507. The predicted octanol–water partition coefficient (Wildman–Crippen LogP) is 2.59. The number of halogens is 2. The summed E-state index contributed by atoms with van der Waals surface area (Å²) in [6.07, 6.45) is 4.15. The number of pyridine rings is 1. The van der Waals surface area contributed by atoms with Gasteiger partial charge in [-0.05, 0) is 38.2 Å². The molecule has 2 aromatic rings. The van der Waals surface area contributed by atoms with E-state index in [9.17, 15) is 19.1 Å². The molecule has 0 radical (unpaired) electrons. The van der Waals surface area contributed by atoms with Crippen molar-refractivity contribution < 1.29 is 18.7 Å². The Balaban J connectivity index is 1.63. The van der Waals surface area contributed by atoms with E-state index in [1.54, 1.807) is 16.4 Å². The average molecular weight is 432 g/mol. The van der Waals surface area contributed by atoms with Gasteiger partial charge in [-0.15, -0.1) is 0 Å². The molecule has 3 fully saturated rings. The lowest BCUT2D eigenvalue weighted by atomic mass is 10.0. The smallest absolute Gasteiger partial charge is 0.341 e. The van der Waals surface area contributed by atoms with Crippen LogP contribution >= 0.6 is 0 Å². The van der Waals surface area contributed by atoms with Crippen LogP contribution in [0, 0.1) is 18.7 Å². The van der Waals surface area contributed by atoms with Gasteiger partial charge in [-0.25, -0.2) is 13.6 Å². The number of alkyl halides is 1. The largest absolute Gasteiger partial charge is 0.477 e. The number of aryl methyl sites for hydroxylation is 1. The van der Waals surface area contributed by atoms with E-state index in [1.165, 1.54) is 6.20 Å². The number of carbonyl (C=O) groups is 1. The number of carboxylic acid groups (broad SMARTS) is 1. The maximum atomic E-state index is 15.5. The lowest BCUT2D eigenvalue weighted by Crippen LogP contribution is -2.30. The van der Waals surface area contributed by atoms with E-state index in [1.807, 2.05) is 0 Å². The maximum Gasteiger partial charge on any atom is 0.341 e. The van der Waals surface area contributed by atoms with Gasteiger partial charge in [0.15, 0.2) is 5.82 Å². The summed E-state index contributed by atoms with van der Waals surface area (Å²) in [5.74, 6) is -2.40. The molecule has 2 aliphatic carbocycles. The zero-order chi connectivity index (χ0) is 22.0. The Bertz CT molecular complexity index is 1140. The van der Waals surface area contributed by atoms with Crippen molar-refractivity contribution in [2.24, 2.45) is 5.92 Å². The van der Waals surface area contributed by atoms with E-state index < -0.39 is 29.0 Å². The number of rotatable bonds is 6. The third kappa shape index (κ3) is 3.35. The highest BCUT2D eigenvalue weighted by atomic mass is 19.1. The fourth-order valence-corrected chi connectivity index (χ4v) is 4.76. The lowest BCUT2D eigenvalue weighted by molar-refractivity contribution is 0.0695. The second-order valence-corrected chi connectivity index (χ2v) is 9.10. The van der Waals surface area contributed by atoms with Gasteiger partial charge in [-0.1, -0.05) is 0 Å². The van der Waals surface area contributed by atoms with E-state index in [2.05, 4.69) is 5.32 Å². The molecule has 166 valence electrons. The number of nitrogen functional groups attached to an aromatic ring is 1. The van der Waals surface area contributed by atoms with Crippen molar-refractivity contribution in [3.05, 3.63) is 33.4 Å². The first-order valence-corrected chi connectivity index (χ1v) is 10.8. The SMILES string of the molecule is Cc1c(N2C[C@@H](CNC3CC3)[C@H](F)C2)c(F)c(N)c2c(=O)c(C(=O)O)cn(C3CC3)c12. The minimum Gasteiger partial charge on any atom is -0.477 e. The first kappa shape index (κ1) is 20.2. The number of fused-ring (bicyclic) bond motifs is 1. The Labute approximate surface area is 177 Å². The normalized spacial score (nSPS) is 23.6. The molecule has 0 spiro atoms. The fraction of sp³-hybridized carbons (Fsp3) is 0.545. The maximum absolute atomic E-state index is 15.5. The third-order valence-corrected chi connectivity index (χ3v) is 6.75. The number of nitrogens with one attached hydrogen (secondary N) is 1. The first-order chi connectivity index (χ1) is 14.8. The van der Waals surface area contributed by atoms with Crippen molar-refractivity contribution in [1.82, 2.24) is 9.88 Å². The van der Waals surface area contributed by atoms with Crippen molar-refractivity contribution in [3.63, 3.8) is 0 Å². The highest BCUT2D eigenvalue weighted by Gasteiger charge is 2.38. The van der Waals surface area contributed by atoms with Gasteiger partial charge in [0.1, 0.15) is 11.7 Å².